The SMILES string of the molecule is Cc1cc(Nc2nc3ccc(Cl)cc3s2)ccc1C#N. The molecule has 0 atom stereocenters. The number of rotatable bonds is 2. The second kappa shape index (κ2) is 5.12. The Labute approximate surface area is 125 Å². The van der Waals surface area contributed by atoms with Gasteiger partial charge in [0, 0.05) is 10.7 Å². The van der Waals surface area contributed by atoms with E-state index in [0.717, 1.165) is 26.6 Å². The molecule has 0 radical (unpaired) electrons. The molecule has 2 aromatic carbocycles. The van der Waals surface area contributed by atoms with Crippen LogP contribution in [0.4, 0.5) is 10.8 Å². The van der Waals surface area contributed by atoms with Gasteiger partial charge in [-0.1, -0.05) is 22.9 Å². The van der Waals surface area contributed by atoms with Crippen molar-refractivity contribution in [3.63, 3.8) is 0 Å². The molecule has 0 aliphatic rings. The molecule has 3 rings (SSSR count). The van der Waals surface area contributed by atoms with Crippen LogP contribution in [-0.4, -0.2) is 4.98 Å². The molecule has 0 unspecified atom stereocenters. The van der Waals surface area contributed by atoms with E-state index in [4.69, 9.17) is 16.9 Å². The second-order valence-corrected chi connectivity index (χ2v) is 5.86. The van der Waals surface area contributed by atoms with Gasteiger partial charge in [0.05, 0.1) is 21.8 Å². The Hall–Kier alpha value is -2.09. The molecule has 5 heteroatoms. The van der Waals surface area contributed by atoms with Crippen molar-refractivity contribution >= 4 is 44.0 Å². The van der Waals surface area contributed by atoms with Crippen LogP contribution in [0.15, 0.2) is 36.4 Å². The maximum absolute atomic E-state index is 8.93. The van der Waals surface area contributed by atoms with Crippen molar-refractivity contribution in [3.05, 3.63) is 52.5 Å². The molecule has 1 aromatic heterocycles. The summed E-state index contributed by atoms with van der Waals surface area (Å²) in [6, 6.07) is 13.4. The largest absolute Gasteiger partial charge is 0.332 e. The summed E-state index contributed by atoms with van der Waals surface area (Å²) in [7, 11) is 0. The van der Waals surface area contributed by atoms with Crippen LogP contribution in [0.3, 0.4) is 0 Å². The number of fused-ring (bicyclic) bond motifs is 1. The van der Waals surface area contributed by atoms with Gasteiger partial charge < -0.3 is 5.32 Å². The highest BCUT2D eigenvalue weighted by Gasteiger charge is 2.05. The third kappa shape index (κ3) is 2.46. The van der Waals surface area contributed by atoms with Gasteiger partial charge in [0.1, 0.15) is 0 Å². The lowest BCUT2D eigenvalue weighted by atomic mass is 10.1. The number of aryl methyl sites for hydroxylation is 1. The van der Waals surface area contributed by atoms with Gasteiger partial charge in [-0.2, -0.15) is 5.26 Å². The lowest BCUT2D eigenvalue weighted by Gasteiger charge is -2.04. The molecule has 0 bridgehead atoms. The molecular formula is C15H10ClN3S. The van der Waals surface area contributed by atoms with Crippen LogP contribution < -0.4 is 5.32 Å². The molecule has 3 nitrogen and oxygen atoms in total. The van der Waals surface area contributed by atoms with Crippen molar-refractivity contribution in [3.8, 4) is 6.07 Å². The number of hydrogen-bond donors (Lipinski definition) is 1. The molecule has 1 N–H and O–H groups in total. The van der Waals surface area contributed by atoms with E-state index in [0.29, 0.717) is 10.6 Å². The van der Waals surface area contributed by atoms with E-state index in [9.17, 15) is 0 Å². The van der Waals surface area contributed by atoms with Crippen molar-refractivity contribution in [2.24, 2.45) is 0 Å². The Morgan fingerprint density at radius 1 is 1.25 bits per heavy atom. The fourth-order valence-corrected chi connectivity index (χ4v) is 3.10. The minimum atomic E-state index is 0.687. The van der Waals surface area contributed by atoms with E-state index in [1.807, 2.05) is 43.3 Å². The summed E-state index contributed by atoms with van der Waals surface area (Å²) >= 11 is 7.52. The quantitative estimate of drug-likeness (QED) is 0.734. The van der Waals surface area contributed by atoms with Crippen LogP contribution in [0.1, 0.15) is 11.1 Å². The van der Waals surface area contributed by atoms with Gasteiger partial charge in [-0.05, 0) is 48.9 Å². The number of nitrogens with zero attached hydrogens (tertiary/aromatic N) is 2. The Balaban J connectivity index is 1.93. The third-order valence-electron chi connectivity index (χ3n) is 2.95. The van der Waals surface area contributed by atoms with Crippen molar-refractivity contribution < 1.29 is 0 Å². The second-order valence-electron chi connectivity index (χ2n) is 4.40. The zero-order chi connectivity index (χ0) is 14.1. The Morgan fingerprint density at radius 3 is 2.85 bits per heavy atom. The van der Waals surface area contributed by atoms with Crippen molar-refractivity contribution in [2.75, 3.05) is 5.32 Å². The van der Waals surface area contributed by atoms with Gasteiger partial charge in [0.15, 0.2) is 5.13 Å². The van der Waals surface area contributed by atoms with Crippen LogP contribution >= 0.6 is 22.9 Å². The van der Waals surface area contributed by atoms with Crippen LogP contribution in [-0.2, 0) is 0 Å². The van der Waals surface area contributed by atoms with Crippen LogP contribution in [0.2, 0.25) is 5.02 Å². The molecule has 98 valence electrons. The van der Waals surface area contributed by atoms with Crippen molar-refractivity contribution in [1.29, 1.82) is 5.26 Å². The highest BCUT2D eigenvalue weighted by atomic mass is 35.5. The van der Waals surface area contributed by atoms with Gasteiger partial charge in [0.25, 0.3) is 0 Å². The van der Waals surface area contributed by atoms with Crippen molar-refractivity contribution in [1.82, 2.24) is 4.98 Å². The third-order valence-corrected chi connectivity index (χ3v) is 4.12. The first kappa shape index (κ1) is 12.9. The molecule has 0 amide bonds. The fraction of sp³-hybridized carbons (Fsp3) is 0.0667. The Morgan fingerprint density at radius 2 is 2.10 bits per heavy atom. The van der Waals surface area contributed by atoms with Gasteiger partial charge in [-0.25, -0.2) is 4.98 Å². The molecule has 20 heavy (non-hydrogen) atoms. The van der Waals surface area contributed by atoms with E-state index in [1.54, 1.807) is 11.3 Å². The number of anilines is 2. The summed E-state index contributed by atoms with van der Waals surface area (Å²) in [5.41, 5.74) is 3.48. The molecule has 0 saturated heterocycles. The number of halogens is 1. The molecule has 0 spiro atoms. The Bertz CT molecular complexity index is 833. The predicted molar refractivity (Wildman–Crippen MR) is 83.8 cm³/mol. The molecule has 3 aromatic rings. The number of thiazole rings is 1. The number of nitriles is 1. The van der Waals surface area contributed by atoms with Crippen LogP contribution in [0.5, 0.6) is 0 Å². The number of benzene rings is 2. The number of aromatic nitrogens is 1. The molecule has 0 aliphatic heterocycles. The number of nitrogens with one attached hydrogen (secondary N) is 1. The monoisotopic (exact) mass is 299 g/mol. The summed E-state index contributed by atoms with van der Waals surface area (Å²) in [5, 5.41) is 13.7. The van der Waals surface area contributed by atoms with E-state index in [2.05, 4.69) is 16.4 Å². The normalized spacial score (nSPS) is 10.4. The first-order chi connectivity index (χ1) is 9.65. The van der Waals surface area contributed by atoms with E-state index < -0.39 is 0 Å². The molecule has 0 aliphatic carbocycles. The highest BCUT2D eigenvalue weighted by Crippen LogP contribution is 2.30. The first-order valence-corrected chi connectivity index (χ1v) is 7.19. The smallest absolute Gasteiger partial charge is 0.188 e. The zero-order valence-electron chi connectivity index (χ0n) is 10.6. The molecule has 1 heterocycles. The van der Waals surface area contributed by atoms with E-state index in [-0.39, 0.29) is 0 Å². The molecule has 0 saturated carbocycles. The maximum Gasteiger partial charge on any atom is 0.188 e. The summed E-state index contributed by atoms with van der Waals surface area (Å²) in [5.74, 6) is 0. The van der Waals surface area contributed by atoms with E-state index >= 15 is 0 Å². The minimum Gasteiger partial charge on any atom is -0.332 e. The average molecular weight is 300 g/mol. The van der Waals surface area contributed by atoms with E-state index in [1.165, 1.54) is 0 Å². The fourth-order valence-electron chi connectivity index (χ4n) is 1.94. The summed E-state index contributed by atoms with van der Waals surface area (Å²) in [6.45, 7) is 1.92. The zero-order valence-corrected chi connectivity index (χ0v) is 12.2. The number of hydrogen-bond acceptors (Lipinski definition) is 4. The summed E-state index contributed by atoms with van der Waals surface area (Å²) in [4.78, 5) is 4.51. The Kier molecular flexibility index (Phi) is 3.31. The average Bonchev–Trinajstić information content (AvgIpc) is 2.80. The first-order valence-electron chi connectivity index (χ1n) is 5.99. The minimum absolute atomic E-state index is 0.687. The maximum atomic E-state index is 8.93. The molecular weight excluding hydrogens is 290 g/mol. The predicted octanol–water partition coefficient (Wildman–Crippen LogP) is 4.87. The lowest BCUT2D eigenvalue weighted by molar-refractivity contribution is 1.38. The van der Waals surface area contributed by atoms with Crippen molar-refractivity contribution in [2.45, 2.75) is 6.92 Å². The lowest BCUT2D eigenvalue weighted by Crippen LogP contribution is -1.91. The highest BCUT2D eigenvalue weighted by molar-refractivity contribution is 7.22. The van der Waals surface area contributed by atoms with Gasteiger partial charge in [0.2, 0.25) is 0 Å². The van der Waals surface area contributed by atoms with Gasteiger partial charge >= 0.3 is 0 Å². The topological polar surface area (TPSA) is 48.7 Å². The van der Waals surface area contributed by atoms with Gasteiger partial charge in [-0.15, -0.1) is 0 Å². The summed E-state index contributed by atoms with van der Waals surface area (Å²) < 4.78 is 1.05. The summed E-state index contributed by atoms with van der Waals surface area (Å²) in [6.07, 6.45) is 0. The van der Waals surface area contributed by atoms with Crippen LogP contribution in [0, 0.1) is 18.3 Å². The van der Waals surface area contributed by atoms with Crippen LogP contribution in [0.25, 0.3) is 10.2 Å². The molecule has 0 fully saturated rings. The van der Waals surface area contributed by atoms with Gasteiger partial charge in [-0.3, -0.25) is 0 Å². The standard InChI is InChI=1S/C15H10ClN3S/c1-9-6-12(4-2-10(9)8-17)18-15-19-13-5-3-11(16)7-14(13)20-15/h2-7H,1H3,(H,18,19).